The SMILES string of the molecule is COCCN1CCOC(O[C@H]2CCC(C)C(CC[C@@H]3CCC[C@]4(C)C5C(C[C@@]34C)O[C@@H]([C@H](OC(C)=O)C(C)(C)O)C[C@H]5C)C2(C)C)C1. The Labute approximate surface area is 286 Å². The van der Waals surface area contributed by atoms with Crippen LogP contribution in [0.2, 0.25) is 0 Å². The zero-order valence-corrected chi connectivity index (χ0v) is 31.5. The molecule has 0 bridgehead atoms. The molecule has 2 heterocycles. The second-order valence-corrected chi connectivity index (χ2v) is 18.0. The molecule has 2 aliphatic heterocycles. The lowest BCUT2D eigenvalue weighted by atomic mass is 9.50. The van der Waals surface area contributed by atoms with Gasteiger partial charge in [-0.3, -0.25) is 9.69 Å². The first-order chi connectivity index (χ1) is 22.0. The van der Waals surface area contributed by atoms with Crippen LogP contribution >= 0.6 is 0 Å². The van der Waals surface area contributed by atoms with Gasteiger partial charge in [0, 0.05) is 33.7 Å². The Morgan fingerprint density at radius 1 is 1.06 bits per heavy atom. The molecule has 5 rings (SSSR count). The average molecular weight is 664 g/mol. The minimum atomic E-state index is -1.16. The molecule has 1 N–H and O–H groups in total. The monoisotopic (exact) mass is 664 g/mol. The van der Waals surface area contributed by atoms with Crippen molar-refractivity contribution in [2.24, 2.45) is 45.8 Å². The van der Waals surface area contributed by atoms with Crippen LogP contribution in [-0.2, 0) is 28.5 Å². The van der Waals surface area contributed by atoms with E-state index in [4.69, 9.17) is 23.7 Å². The quantitative estimate of drug-likeness (QED) is 0.240. The van der Waals surface area contributed by atoms with Gasteiger partial charge in [0.05, 0.1) is 37.1 Å². The van der Waals surface area contributed by atoms with Crippen molar-refractivity contribution >= 4 is 5.97 Å². The third-order valence-corrected chi connectivity index (χ3v) is 14.3. The lowest BCUT2D eigenvalue weighted by molar-refractivity contribution is -0.237. The molecule has 3 aliphatic carbocycles. The first-order valence-corrected chi connectivity index (χ1v) is 19.0. The van der Waals surface area contributed by atoms with E-state index in [0.717, 1.165) is 45.5 Å². The van der Waals surface area contributed by atoms with E-state index in [2.05, 4.69) is 46.4 Å². The third-order valence-electron chi connectivity index (χ3n) is 14.3. The van der Waals surface area contributed by atoms with Crippen molar-refractivity contribution in [1.82, 2.24) is 4.90 Å². The molecule has 5 fully saturated rings. The second-order valence-electron chi connectivity index (χ2n) is 18.0. The molecule has 0 aromatic carbocycles. The van der Waals surface area contributed by atoms with E-state index in [0.29, 0.717) is 36.2 Å². The van der Waals surface area contributed by atoms with Crippen LogP contribution in [0.5, 0.6) is 0 Å². The highest BCUT2D eigenvalue weighted by Gasteiger charge is 2.66. The van der Waals surface area contributed by atoms with E-state index < -0.39 is 11.7 Å². The number of rotatable bonds is 11. The summed E-state index contributed by atoms with van der Waals surface area (Å²) >= 11 is 0. The van der Waals surface area contributed by atoms with Crippen molar-refractivity contribution in [3.8, 4) is 0 Å². The number of ether oxygens (including phenoxy) is 5. The van der Waals surface area contributed by atoms with Gasteiger partial charge in [0.15, 0.2) is 12.4 Å². The van der Waals surface area contributed by atoms with Crippen molar-refractivity contribution in [1.29, 1.82) is 0 Å². The lowest BCUT2D eigenvalue weighted by Crippen LogP contribution is -2.55. The molecule has 8 heteroatoms. The van der Waals surface area contributed by atoms with Gasteiger partial charge < -0.3 is 28.8 Å². The molecule has 47 heavy (non-hydrogen) atoms. The summed E-state index contributed by atoms with van der Waals surface area (Å²) in [5.41, 5.74) is -0.688. The number of nitrogens with zero attached hydrogens (tertiary/aromatic N) is 1. The van der Waals surface area contributed by atoms with Gasteiger partial charge in [-0.05, 0) is 111 Å². The highest BCUT2D eigenvalue weighted by molar-refractivity contribution is 5.66. The summed E-state index contributed by atoms with van der Waals surface area (Å²) in [5, 5.41) is 11.0. The second kappa shape index (κ2) is 14.5. The van der Waals surface area contributed by atoms with Gasteiger partial charge in [0.2, 0.25) is 0 Å². The highest BCUT2D eigenvalue weighted by Crippen LogP contribution is 2.70. The topological polar surface area (TPSA) is 86.7 Å². The normalized spacial score (nSPS) is 43.2. The minimum Gasteiger partial charge on any atom is -0.457 e. The number of hydrogen-bond acceptors (Lipinski definition) is 8. The molecule has 0 amide bonds. The third kappa shape index (κ3) is 7.49. The van der Waals surface area contributed by atoms with Crippen molar-refractivity contribution in [3.05, 3.63) is 0 Å². The van der Waals surface area contributed by atoms with Crippen molar-refractivity contribution in [2.75, 3.05) is 40.0 Å². The smallest absolute Gasteiger partial charge is 0.303 e. The fourth-order valence-corrected chi connectivity index (χ4v) is 11.7. The fourth-order valence-electron chi connectivity index (χ4n) is 11.7. The number of carbonyl (C=O) groups is 1. The standard InChI is InChI=1S/C39H69NO7/c1-25-13-16-32(47-33-24-40(18-20-43-10)19-21-44-33)36(4,5)29(25)15-14-28-12-11-17-38(8)34-26(2)22-30(46-31(34)23-39(28,38)9)35(37(6,7)42)45-27(3)41/h25-26,28-35,42H,11-24H2,1-10H3/t25?,26-,28+,29?,30-,31?,32+,33?,34?,35+,38-,39+/m1/s1. The van der Waals surface area contributed by atoms with Crippen LogP contribution in [0.1, 0.15) is 120 Å². The first-order valence-electron chi connectivity index (χ1n) is 19.0. The molecule has 5 unspecified atom stereocenters. The molecule has 0 radical (unpaired) electrons. The summed E-state index contributed by atoms with van der Waals surface area (Å²) in [6, 6.07) is 0. The highest BCUT2D eigenvalue weighted by atomic mass is 16.7. The van der Waals surface area contributed by atoms with E-state index in [1.165, 1.54) is 45.4 Å². The number of carbonyl (C=O) groups excluding carboxylic acids is 1. The van der Waals surface area contributed by atoms with Gasteiger partial charge in [-0.2, -0.15) is 0 Å². The number of esters is 1. The molecule has 0 aromatic rings. The average Bonchev–Trinajstić information content (AvgIpc) is 3.23. The van der Waals surface area contributed by atoms with E-state index in [1.54, 1.807) is 21.0 Å². The number of aliphatic hydroxyl groups is 1. The van der Waals surface area contributed by atoms with Crippen LogP contribution < -0.4 is 0 Å². The molecule has 3 saturated carbocycles. The molecule has 272 valence electrons. The summed E-state index contributed by atoms with van der Waals surface area (Å²) in [4.78, 5) is 14.4. The Bertz CT molecular complexity index is 1060. The predicted molar refractivity (Wildman–Crippen MR) is 184 cm³/mol. The van der Waals surface area contributed by atoms with Gasteiger partial charge in [-0.15, -0.1) is 0 Å². The van der Waals surface area contributed by atoms with Crippen molar-refractivity contribution in [3.63, 3.8) is 0 Å². The fraction of sp³-hybridized carbons (Fsp3) is 0.974. The number of hydrogen-bond donors (Lipinski definition) is 1. The molecule has 5 aliphatic rings. The van der Waals surface area contributed by atoms with Gasteiger partial charge in [-0.25, -0.2) is 0 Å². The maximum absolute atomic E-state index is 12.0. The zero-order valence-electron chi connectivity index (χ0n) is 31.5. The Kier molecular flexibility index (Phi) is 11.5. The predicted octanol–water partition coefficient (Wildman–Crippen LogP) is 6.86. The summed E-state index contributed by atoms with van der Waals surface area (Å²) < 4.78 is 30.9. The Morgan fingerprint density at radius 3 is 2.49 bits per heavy atom. The zero-order chi connectivity index (χ0) is 34.4. The summed E-state index contributed by atoms with van der Waals surface area (Å²) in [5.74, 6) is 2.48. The molecule has 12 atom stereocenters. The lowest BCUT2D eigenvalue weighted by Gasteiger charge is -2.55. The Morgan fingerprint density at radius 2 is 1.81 bits per heavy atom. The van der Waals surface area contributed by atoms with E-state index in [1.807, 2.05) is 0 Å². The Balaban J connectivity index is 1.27. The largest absolute Gasteiger partial charge is 0.457 e. The van der Waals surface area contributed by atoms with Crippen LogP contribution in [-0.4, -0.2) is 92.2 Å². The summed E-state index contributed by atoms with van der Waals surface area (Å²) in [6.45, 7) is 23.9. The van der Waals surface area contributed by atoms with Gasteiger partial charge in [0.25, 0.3) is 0 Å². The maximum atomic E-state index is 12.0. The molecule has 8 nitrogen and oxygen atoms in total. The van der Waals surface area contributed by atoms with Gasteiger partial charge in [0.1, 0.15) is 0 Å². The maximum Gasteiger partial charge on any atom is 0.303 e. The minimum absolute atomic E-state index is 0.0754. The number of methoxy groups -OCH3 is 1. The first kappa shape index (κ1) is 37.5. The molecule has 2 saturated heterocycles. The Hall–Kier alpha value is -0.770. The summed E-state index contributed by atoms with van der Waals surface area (Å²) in [7, 11) is 1.76. The summed E-state index contributed by atoms with van der Waals surface area (Å²) in [6.07, 6.45) is 9.67. The van der Waals surface area contributed by atoms with E-state index >= 15 is 0 Å². The van der Waals surface area contributed by atoms with Crippen molar-refractivity contribution < 1.29 is 33.6 Å². The van der Waals surface area contributed by atoms with Crippen LogP contribution in [0, 0.1) is 45.8 Å². The van der Waals surface area contributed by atoms with Crippen LogP contribution in [0.4, 0.5) is 0 Å². The van der Waals surface area contributed by atoms with E-state index in [9.17, 15) is 9.90 Å². The number of fused-ring (bicyclic) bond motifs is 3. The van der Waals surface area contributed by atoms with E-state index in [-0.39, 0.29) is 46.8 Å². The van der Waals surface area contributed by atoms with Crippen molar-refractivity contribution in [2.45, 2.75) is 156 Å². The van der Waals surface area contributed by atoms with Crippen LogP contribution in [0.3, 0.4) is 0 Å². The van der Waals surface area contributed by atoms with Gasteiger partial charge >= 0.3 is 5.97 Å². The molecule has 0 aromatic heterocycles. The van der Waals surface area contributed by atoms with Crippen LogP contribution in [0.15, 0.2) is 0 Å². The molecular weight excluding hydrogens is 594 g/mol. The van der Waals surface area contributed by atoms with Crippen LogP contribution in [0.25, 0.3) is 0 Å². The number of morpholine rings is 1. The molecule has 0 spiro atoms. The van der Waals surface area contributed by atoms with Gasteiger partial charge in [-0.1, -0.05) is 48.0 Å². The molecular formula is C39H69NO7.